The predicted molar refractivity (Wildman–Crippen MR) is 117 cm³/mol. The Labute approximate surface area is 167 Å². The molecule has 0 atom stereocenters. The molecule has 29 heavy (non-hydrogen) atoms. The molecule has 5 aromatic rings. The van der Waals surface area contributed by atoms with Crippen LogP contribution in [0.25, 0.3) is 32.8 Å². The zero-order chi connectivity index (χ0) is 19.2. The summed E-state index contributed by atoms with van der Waals surface area (Å²) in [5.74, 6) is 0.522. The molecule has 4 aromatic carbocycles. The molecule has 1 heterocycles. The van der Waals surface area contributed by atoms with E-state index in [2.05, 4.69) is 53.7 Å². The molecule has 0 aliphatic heterocycles. The minimum atomic E-state index is 0.522. The van der Waals surface area contributed by atoms with Crippen molar-refractivity contribution in [1.82, 2.24) is 4.98 Å². The number of benzene rings is 4. The van der Waals surface area contributed by atoms with E-state index in [1.807, 2.05) is 48.5 Å². The quantitative estimate of drug-likeness (QED) is 0.268. The van der Waals surface area contributed by atoms with Gasteiger partial charge in [-0.1, -0.05) is 90.1 Å². The fourth-order valence-corrected chi connectivity index (χ4v) is 4.12. The molecule has 0 radical (unpaired) electrons. The molecule has 0 spiro atoms. The SMILES string of the molecule is c1ccc2c(c1)C(=NOc1nc3ccccc3c3ccccc13)c1ccccc1-2. The van der Waals surface area contributed by atoms with Crippen LogP contribution in [-0.4, -0.2) is 10.7 Å². The van der Waals surface area contributed by atoms with Crippen molar-refractivity contribution >= 4 is 27.4 Å². The summed E-state index contributed by atoms with van der Waals surface area (Å²) in [6.07, 6.45) is 0. The van der Waals surface area contributed by atoms with E-state index in [4.69, 9.17) is 9.82 Å². The highest BCUT2D eigenvalue weighted by Crippen LogP contribution is 2.37. The van der Waals surface area contributed by atoms with E-state index in [1.54, 1.807) is 0 Å². The fraction of sp³-hybridized carbons (Fsp3) is 0. The van der Waals surface area contributed by atoms with Crippen molar-refractivity contribution < 1.29 is 4.84 Å². The standard InChI is InChI=1S/C26H16N2O/c1-4-13-21-17(9-1)18-10-2-5-14-22(18)25(21)28-29-26-23-15-6-3-11-19(23)20-12-7-8-16-24(20)27-26/h1-16H. The van der Waals surface area contributed by atoms with Crippen molar-refractivity contribution in [1.29, 1.82) is 0 Å². The molecule has 1 aliphatic rings. The van der Waals surface area contributed by atoms with Gasteiger partial charge in [0.25, 0.3) is 5.88 Å². The van der Waals surface area contributed by atoms with E-state index in [9.17, 15) is 0 Å². The molecule has 3 nitrogen and oxygen atoms in total. The van der Waals surface area contributed by atoms with Crippen LogP contribution in [0.2, 0.25) is 0 Å². The first-order valence-corrected chi connectivity index (χ1v) is 9.62. The van der Waals surface area contributed by atoms with Crippen LogP contribution >= 0.6 is 0 Å². The largest absolute Gasteiger partial charge is 0.335 e. The lowest BCUT2D eigenvalue weighted by molar-refractivity contribution is 0.334. The van der Waals surface area contributed by atoms with E-state index >= 15 is 0 Å². The maximum atomic E-state index is 6.00. The number of hydrogen-bond acceptors (Lipinski definition) is 3. The Morgan fingerprint density at radius 2 is 1.03 bits per heavy atom. The lowest BCUT2D eigenvalue weighted by Gasteiger charge is -2.08. The third-order valence-electron chi connectivity index (χ3n) is 5.45. The van der Waals surface area contributed by atoms with Crippen molar-refractivity contribution in [2.45, 2.75) is 0 Å². The molecule has 0 amide bonds. The number of fused-ring (bicyclic) bond motifs is 6. The third-order valence-corrected chi connectivity index (χ3v) is 5.45. The van der Waals surface area contributed by atoms with Crippen molar-refractivity contribution in [3.05, 3.63) is 108 Å². The monoisotopic (exact) mass is 372 g/mol. The molecule has 1 aromatic heterocycles. The molecule has 0 saturated heterocycles. The van der Waals surface area contributed by atoms with Gasteiger partial charge >= 0.3 is 0 Å². The minimum Gasteiger partial charge on any atom is -0.335 e. The van der Waals surface area contributed by atoms with E-state index in [0.29, 0.717) is 5.88 Å². The van der Waals surface area contributed by atoms with Gasteiger partial charge in [0.15, 0.2) is 0 Å². The number of para-hydroxylation sites is 1. The van der Waals surface area contributed by atoms with Gasteiger partial charge in [0.05, 0.1) is 5.52 Å². The van der Waals surface area contributed by atoms with Crippen molar-refractivity contribution in [2.24, 2.45) is 5.16 Å². The van der Waals surface area contributed by atoms with Crippen molar-refractivity contribution in [3.8, 4) is 17.0 Å². The van der Waals surface area contributed by atoms with E-state index in [1.165, 1.54) is 11.1 Å². The molecular formula is C26H16N2O. The van der Waals surface area contributed by atoms with Crippen LogP contribution in [0.15, 0.2) is 102 Å². The molecule has 0 bridgehead atoms. The van der Waals surface area contributed by atoms with Crippen LogP contribution in [-0.2, 0) is 0 Å². The highest BCUT2D eigenvalue weighted by molar-refractivity contribution is 6.24. The van der Waals surface area contributed by atoms with Gasteiger partial charge in [-0.3, -0.25) is 0 Å². The van der Waals surface area contributed by atoms with E-state index < -0.39 is 0 Å². The second-order valence-electron chi connectivity index (χ2n) is 7.10. The second-order valence-corrected chi connectivity index (χ2v) is 7.10. The summed E-state index contributed by atoms with van der Waals surface area (Å²) < 4.78 is 0. The Morgan fingerprint density at radius 3 is 1.72 bits per heavy atom. The molecule has 0 N–H and O–H groups in total. The summed E-state index contributed by atoms with van der Waals surface area (Å²) in [5.41, 5.74) is 6.27. The number of oxime groups is 1. The van der Waals surface area contributed by atoms with Crippen molar-refractivity contribution in [2.75, 3.05) is 0 Å². The van der Waals surface area contributed by atoms with Crippen LogP contribution in [0.1, 0.15) is 11.1 Å². The number of rotatable bonds is 2. The average molecular weight is 372 g/mol. The van der Waals surface area contributed by atoms with E-state index in [-0.39, 0.29) is 0 Å². The lowest BCUT2D eigenvalue weighted by atomic mass is 10.1. The second kappa shape index (κ2) is 6.28. The predicted octanol–water partition coefficient (Wildman–Crippen LogP) is 6.20. The van der Waals surface area contributed by atoms with Crippen LogP contribution < -0.4 is 4.84 Å². The van der Waals surface area contributed by atoms with Crippen LogP contribution in [0.4, 0.5) is 0 Å². The number of nitrogens with zero attached hydrogens (tertiary/aromatic N) is 2. The number of aromatic nitrogens is 1. The van der Waals surface area contributed by atoms with Crippen molar-refractivity contribution in [3.63, 3.8) is 0 Å². The normalized spacial score (nSPS) is 12.1. The van der Waals surface area contributed by atoms with Gasteiger partial charge in [0.1, 0.15) is 5.71 Å². The van der Waals surface area contributed by atoms with Gasteiger partial charge in [-0.15, -0.1) is 0 Å². The highest BCUT2D eigenvalue weighted by atomic mass is 16.6. The van der Waals surface area contributed by atoms with Gasteiger partial charge in [-0.25, -0.2) is 4.98 Å². The molecular weight excluding hydrogens is 356 g/mol. The maximum absolute atomic E-state index is 6.00. The summed E-state index contributed by atoms with van der Waals surface area (Å²) in [7, 11) is 0. The molecule has 0 unspecified atom stereocenters. The molecule has 0 fully saturated rings. The van der Waals surface area contributed by atoms with Crippen LogP contribution in [0.5, 0.6) is 5.88 Å². The van der Waals surface area contributed by atoms with E-state index in [0.717, 1.165) is 38.5 Å². The van der Waals surface area contributed by atoms with Gasteiger partial charge < -0.3 is 4.84 Å². The molecule has 0 saturated carbocycles. The summed E-state index contributed by atoms with van der Waals surface area (Å²) in [6, 6.07) is 32.9. The average Bonchev–Trinajstić information content (AvgIpc) is 3.11. The Hall–Kier alpha value is -3.98. The molecule has 3 heteroatoms. The topological polar surface area (TPSA) is 34.5 Å². The first-order chi connectivity index (χ1) is 14.4. The zero-order valence-electron chi connectivity index (χ0n) is 15.5. The smallest absolute Gasteiger partial charge is 0.257 e. The Bertz CT molecular complexity index is 1390. The van der Waals surface area contributed by atoms with Gasteiger partial charge in [-0.2, -0.15) is 0 Å². The summed E-state index contributed by atoms with van der Waals surface area (Å²) in [4.78, 5) is 10.7. The maximum Gasteiger partial charge on any atom is 0.257 e. The van der Waals surface area contributed by atoms with Gasteiger partial charge in [0, 0.05) is 21.9 Å². The Balaban J connectivity index is 1.54. The Kier molecular flexibility index (Phi) is 3.47. The summed E-state index contributed by atoms with van der Waals surface area (Å²) in [6.45, 7) is 0. The van der Waals surface area contributed by atoms with Crippen LogP contribution in [0, 0.1) is 0 Å². The highest BCUT2D eigenvalue weighted by Gasteiger charge is 2.24. The summed E-state index contributed by atoms with van der Waals surface area (Å²) >= 11 is 0. The lowest BCUT2D eigenvalue weighted by Crippen LogP contribution is -2.02. The summed E-state index contributed by atoms with van der Waals surface area (Å²) in [5, 5.41) is 7.76. The molecule has 1 aliphatic carbocycles. The zero-order valence-corrected chi connectivity index (χ0v) is 15.5. The molecule has 6 rings (SSSR count). The van der Waals surface area contributed by atoms with Crippen LogP contribution in [0.3, 0.4) is 0 Å². The Morgan fingerprint density at radius 1 is 0.517 bits per heavy atom. The number of hydrogen-bond donors (Lipinski definition) is 0. The first-order valence-electron chi connectivity index (χ1n) is 9.62. The number of pyridine rings is 1. The molecule has 136 valence electrons. The fourth-order valence-electron chi connectivity index (χ4n) is 4.12. The van der Waals surface area contributed by atoms with Gasteiger partial charge in [0.2, 0.25) is 0 Å². The minimum absolute atomic E-state index is 0.522. The van der Waals surface area contributed by atoms with Gasteiger partial charge in [-0.05, 0) is 28.6 Å². The first kappa shape index (κ1) is 16.0. The third kappa shape index (κ3) is 2.44.